The van der Waals surface area contributed by atoms with Crippen molar-refractivity contribution in [1.82, 2.24) is 4.57 Å². The lowest BCUT2D eigenvalue weighted by Gasteiger charge is -2.18. The number of nitrogens with zero attached hydrogens (tertiary/aromatic N) is 2. The molecule has 1 atom stereocenters. The van der Waals surface area contributed by atoms with E-state index in [0.29, 0.717) is 22.9 Å². The van der Waals surface area contributed by atoms with Gasteiger partial charge in [-0.1, -0.05) is 35.8 Å². The van der Waals surface area contributed by atoms with Crippen LogP contribution in [0.5, 0.6) is 0 Å². The summed E-state index contributed by atoms with van der Waals surface area (Å²) in [6, 6.07) is 5.11. The number of hydrogen-bond donors (Lipinski definition) is 1. The largest absolute Gasteiger partial charge is 0.465 e. The lowest BCUT2D eigenvalue weighted by atomic mass is 9.88. The highest BCUT2D eigenvalue weighted by Crippen LogP contribution is 2.40. The maximum atomic E-state index is 12.7. The first-order valence-electron chi connectivity index (χ1n) is 11.5. The van der Waals surface area contributed by atoms with Crippen LogP contribution < -0.4 is 10.1 Å². The third-order valence-corrected chi connectivity index (χ3v) is 9.80. The van der Waals surface area contributed by atoms with Crippen LogP contribution in [-0.4, -0.2) is 49.4 Å². The van der Waals surface area contributed by atoms with Crippen LogP contribution in [0.15, 0.2) is 23.2 Å². The number of ether oxygens (including phenoxy) is 1. The first-order valence-corrected chi connectivity index (χ1v) is 15.4. The third kappa shape index (κ3) is 6.18. The molecule has 2 amide bonds. The monoisotopic (exact) mass is 593 g/mol. The SMILES string of the molecule is C#CCn1c(=NC(=O)CS(=O)(=O)CC(=O)Nc2sc3c(c2C(=O)OC)CCC(C)C3)sc2cc(Cl)ccc21. The minimum Gasteiger partial charge on any atom is -0.465 e. The van der Waals surface area contributed by atoms with E-state index < -0.39 is 39.1 Å². The molecule has 200 valence electrons. The van der Waals surface area contributed by atoms with Gasteiger partial charge in [0.15, 0.2) is 14.6 Å². The average Bonchev–Trinajstić information content (AvgIpc) is 3.34. The maximum absolute atomic E-state index is 12.7. The van der Waals surface area contributed by atoms with Crippen LogP contribution in [0.2, 0.25) is 5.02 Å². The van der Waals surface area contributed by atoms with Crippen molar-refractivity contribution in [3.05, 3.63) is 44.0 Å². The van der Waals surface area contributed by atoms with E-state index in [9.17, 15) is 22.8 Å². The van der Waals surface area contributed by atoms with Crippen LogP contribution in [0.3, 0.4) is 0 Å². The van der Waals surface area contributed by atoms with E-state index in [2.05, 4.69) is 23.2 Å². The number of sulfone groups is 1. The van der Waals surface area contributed by atoms with Crippen molar-refractivity contribution >= 4 is 77.1 Å². The third-order valence-electron chi connectivity index (χ3n) is 5.96. The summed E-state index contributed by atoms with van der Waals surface area (Å²) >= 11 is 8.44. The summed E-state index contributed by atoms with van der Waals surface area (Å²) in [5.74, 6) is -1.36. The number of aromatic nitrogens is 1. The van der Waals surface area contributed by atoms with Crippen molar-refractivity contribution in [3.63, 3.8) is 0 Å². The minimum atomic E-state index is -4.16. The van der Waals surface area contributed by atoms with Crippen molar-refractivity contribution in [2.75, 3.05) is 23.9 Å². The number of esters is 1. The fourth-order valence-corrected chi connectivity index (χ4v) is 8.03. The van der Waals surface area contributed by atoms with E-state index in [1.165, 1.54) is 18.4 Å². The van der Waals surface area contributed by atoms with E-state index in [-0.39, 0.29) is 21.9 Å². The molecule has 4 rings (SSSR count). The number of thiazole rings is 1. The van der Waals surface area contributed by atoms with Crippen LogP contribution >= 0.6 is 34.3 Å². The Bertz CT molecular complexity index is 1660. The Balaban J connectivity index is 1.51. The molecular weight excluding hydrogens is 570 g/mol. The summed E-state index contributed by atoms with van der Waals surface area (Å²) in [6.07, 6.45) is 7.78. The molecule has 1 aliphatic rings. The predicted molar refractivity (Wildman–Crippen MR) is 148 cm³/mol. The van der Waals surface area contributed by atoms with Crippen LogP contribution in [0.1, 0.15) is 34.1 Å². The van der Waals surface area contributed by atoms with Crippen molar-refractivity contribution in [2.24, 2.45) is 10.9 Å². The Hall–Kier alpha value is -2.98. The Morgan fingerprint density at radius 1 is 1.29 bits per heavy atom. The maximum Gasteiger partial charge on any atom is 0.341 e. The molecule has 13 heteroatoms. The second kappa shape index (κ2) is 11.4. The summed E-state index contributed by atoms with van der Waals surface area (Å²) in [5.41, 5.74) is 1.80. The van der Waals surface area contributed by atoms with Crippen LogP contribution in [-0.2, 0) is 43.5 Å². The number of carbonyl (C=O) groups excluding carboxylic acids is 3. The Morgan fingerprint density at radius 2 is 2.05 bits per heavy atom. The molecule has 2 heterocycles. The molecule has 0 saturated carbocycles. The van der Waals surface area contributed by atoms with Gasteiger partial charge in [-0.25, -0.2) is 13.2 Å². The minimum absolute atomic E-state index is 0.120. The number of rotatable bonds is 7. The smallest absolute Gasteiger partial charge is 0.341 e. The van der Waals surface area contributed by atoms with E-state index in [1.807, 2.05) is 0 Å². The van der Waals surface area contributed by atoms with Gasteiger partial charge < -0.3 is 14.6 Å². The Kier molecular flexibility index (Phi) is 8.42. The van der Waals surface area contributed by atoms with E-state index in [0.717, 1.165) is 39.3 Å². The van der Waals surface area contributed by atoms with Gasteiger partial charge >= 0.3 is 5.97 Å². The van der Waals surface area contributed by atoms with Gasteiger partial charge in [0.05, 0.1) is 29.4 Å². The second-order valence-corrected chi connectivity index (χ2v) is 13.5. The fourth-order valence-electron chi connectivity index (χ4n) is 4.27. The second-order valence-electron chi connectivity index (χ2n) is 8.92. The molecule has 1 aromatic carbocycles. The standard InChI is InChI=1S/C25H24ClN3O6S3/c1-4-9-29-17-8-6-15(26)11-19(17)37-25(29)28-21(31)13-38(33,34)12-20(30)27-23-22(24(32)35-3)16-7-5-14(2)10-18(16)36-23/h1,6,8,11,14H,5,7,9-10,12-13H2,2-3H3,(H,27,30). The number of terminal acetylenes is 1. The Labute approximate surface area is 232 Å². The molecule has 0 bridgehead atoms. The molecule has 9 nitrogen and oxygen atoms in total. The number of thiophene rings is 1. The van der Waals surface area contributed by atoms with E-state index in [4.69, 9.17) is 22.8 Å². The van der Waals surface area contributed by atoms with Crippen LogP contribution in [0.25, 0.3) is 10.2 Å². The van der Waals surface area contributed by atoms with Gasteiger partial charge in [0.2, 0.25) is 5.91 Å². The summed E-state index contributed by atoms with van der Waals surface area (Å²) in [6.45, 7) is 2.23. The predicted octanol–water partition coefficient (Wildman–Crippen LogP) is 3.44. The molecule has 0 spiro atoms. The molecule has 1 unspecified atom stereocenters. The zero-order valence-electron chi connectivity index (χ0n) is 20.6. The molecular formula is C25H24ClN3O6S3. The van der Waals surface area contributed by atoms with E-state index >= 15 is 0 Å². The van der Waals surface area contributed by atoms with E-state index in [1.54, 1.807) is 22.8 Å². The van der Waals surface area contributed by atoms with Gasteiger partial charge in [0.1, 0.15) is 16.5 Å². The number of carbonyl (C=O) groups is 3. The van der Waals surface area contributed by atoms with Crippen molar-refractivity contribution < 1.29 is 27.5 Å². The molecule has 38 heavy (non-hydrogen) atoms. The molecule has 1 aliphatic carbocycles. The zero-order chi connectivity index (χ0) is 27.6. The van der Waals surface area contributed by atoms with Gasteiger partial charge in [-0.15, -0.1) is 17.8 Å². The number of fused-ring (bicyclic) bond motifs is 2. The number of amides is 2. The highest BCUT2D eigenvalue weighted by Gasteiger charge is 2.30. The number of anilines is 1. The zero-order valence-corrected chi connectivity index (χ0v) is 23.8. The number of hydrogen-bond acceptors (Lipinski definition) is 8. The highest BCUT2D eigenvalue weighted by atomic mass is 35.5. The summed E-state index contributed by atoms with van der Waals surface area (Å²) in [7, 11) is -2.91. The summed E-state index contributed by atoms with van der Waals surface area (Å²) in [4.78, 5) is 42.9. The first-order chi connectivity index (χ1) is 18.0. The van der Waals surface area contributed by atoms with Gasteiger partial charge in [-0.3, -0.25) is 9.59 Å². The molecule has 0 radical (unpaired) electrons. The quantitative estimate of drug-likeness (QED) is 0.331. The molecule has 1 N–H and O–H groups in total. The van der Waals surface area contributed by atoms with Crippen LogP contribution in [0.4, 0.5) is 5.00 Å². The van der Waals surface area contributed by atoms with Gasteiger partial charge in [-0.05, 0) is 48.9 Å². The molecule has 0 fully saturated rings. The number of halogens is 1. The van der Waals surface area contributed by atoms with Gasteiger partial charge in [-0.2, -0.15) is 4.99 Å². The fraction of sp³-hybridized carbons (Fsp3) is 0.360. The summed E-state index contributed by atoms with van der Waals surface area (Å²) < 4.78 is 32.6. The van der Waals surface area contributed by atoms with Crippen molar-refractivity contribution in [1.29, 1.82) is 0 Å². The van der Waals surface area contributed by atoms with Gasteiger partial charge in [0, 0.05) is 9.90 Å². The Morgan fingerprint density at radius 3 is 2.76 bits per heavy atom. The van der Waals surface area contributed by atoms with Crippen LogP contribution in [0, 0.1) is 18.3 Å². The lowest BCUT2D eigenvalue weighted by Crippen LogP contribution is -2.28. The normalized spacial score (nSPS) is 15.6. The summed E-state index contributed by atoms with van der Waals surface area (Å²) in [5, 5.41) is 3.30. The highest BCUT2D eigenvalue weighted by molar-refractivity contribution is 7.92. The van der Waals surface area contributed by atoms with Crippen molar-refractivity contribution in [3.8, 4) is 12.3 Å². The van der Waals surface area contributed by atoms with Crippen molar-refractivity contribution in [2.45, 2.75) is 32.7 Å². The average molecular weight is 594 g/mol. The molecule has 3 aromatic rings. The topological polar surface area (TPSA) is 124 Å². The molecule has 2 aromatic heterocycles. The first kappa shape index (κ1) is 28.0. The molecule has 0 saturated heterocycles. The lowest BCUT2D eigenvalue weighted by molar-refractivity contribution is -0.115. The number of methoxy groups -OCH3 is 1. The number of nitrogens with one attached hydrogen (secondary N) is 1. The number of benzene rings is 1. The molecule has 0 aliphatic heterocycles. The van der Waals surface area contributed by atoms with Gasteiger partial charge in [0.25, 0.3) is 5.91 Å².